The van der Waals surface area contributed by atoms with E-state index < -0.39 is 80.3 Å². The Morgan fingerprint density at radius 1 is 0.808 bits per heavy atom. The third-order valence-electron chi connectivity index (χ3n) is 4.47. The van der Waals surface area contributed by atoms with Crippen LogP contribution in [0.15, 0.2) is 22.8 Å². The smallest absolute Gasteiger partial charge is 0.196 e. The standard InChI is InChI=1S/C17H5F5N2O2/c1-4-5(2-23)7-9(13(20)11(4)18)17(26)10-8(16(7)25)6(3-24)12(19)15(22)14(10)21/h7,9H,1H3. The number of carbonyl (C=O) groups excluding carboxylic acids is 2. The number of nitriles is 2. The Balaban J connectivity index is 2.47. The molecule has 4 nitrogen and oxygen atoms in total. The lowest BCUT2D eigenvalue weighted by Crippen LogP contribution is -2.42. The van der Waals surface area contributed by atoms with Gasteiger partial charge < -0.3 is 0 Å². The molecule has 130 valence electrons. The molecule has 0 N–H and O–H groups in total. The first-order chi connectivity index (χ1) is 12.2. The molecule has 9 heteroatoms. The molecule has 0 saturated carbocycles. The van der Waals surface area contributed by atoms with Gasteiger partial charge in [0, 0.05) is 11.1 Å². The lowest BCUT2D eigenvalue weighted by molar-refractivity contribution is 0.0759. The maximum absolute atomic E-state index is 14.3. The molecule has 0 spiro atoms. The first kappa shape index (κ1) is 17.5. The van der Waals surface area contributed by atoms with E-state index in [1.165, 1.54) is 12.1 Å². The Kier molecular flexibility index (Phi) is 3.77. The molecule has 2 atom stereocenters. The van der Waals surface area contributed by atoms with Crippen LogP contribution in [0.2, 0.25) is 0 Å². The molecular formula is C17H5F5N2O2. The van der Waals surface area contributed by atoms with E-state index in [9.17, 15) is 36.8 Å². The summed E-state index contributed by atoms with van der Waals surface area (Å²) < 4.78 is 69.9. The van der Waals surface area contributed by atoms with Gasteiger partial charge in [0.2, 0.25) is 0 Å². The van der Waals surface area contributed by atoms with Crippen LogP contribution < -0.4 is 0 Å². The van der Waals surface area contributed by atoms with Crippen molar-refractivity contribution in [3.8, 4) is 12.1 Å². The summed E-state index contributed by atoms with van der Waals surface area (Å²) in [5.41, 5.74) is -4.79. The number of fused-ring (bicyclic) bond motifs is 2. The molecule has 1 aromatic carbocycles. The van der Waals surface area contributed by atoms with E-state index in [-0.39, 0.29) is 0 Å². The number of allylic oxidation sites excluding steroid dienone is 4. The third-order valence-corrected chi connectivity index (χ3v) is 4.47. The average Bonchev–Trinajstić information content (AvgIpc) is 2.61. The molecule has 2 aliphatic rings. The lowest BCUT2D eigenvalue weighted by atomic mass is 9.66. The third kappa shape index (κ3) is 1.91. The number of hydrogen-bond donors (Lipinski definition) is 0. The fourth-order valence-electron chi connectivity index (χ4n) is 3.24. The minimum atomic E-state index is -2.22. The highest BCUT2D eigenvalue weighted by Gasteiger charge is 2.52. The van der Waals surface area contributed by atoms with Crippen molar-refractivity contribution in [2.45, 2.75) is 6.92 Å². The van der Waals surface area contributed by atoms with E-state index in [1.54, 1.807) is 0 Å². The molecule has 0 saturated heterocycles. The highest BCUT2D eigenvalue weighted by atomic mass is 19.2. The van der Waals surface area contributed by atoms with Crippen molar-refractivity contribution in [2.75, 3.05) is 0 Å². The van der Waals surface area contributed by atoms with E-state index in [2.05, 4.69) is 0 Å². The van der Waals surface area contributed by atoms with Crippen LogP contribution >= 0.6 is 0 Å². The fraction of sp³-hybridized carbons (Fsp3) is 0.176. The van der Waals surface area contributed by atoms with Gasteiger partial charge in [0.25, 0.3) is 0 Å². The summed E-state index contributed by atoms with van der Waals surface area (Å²) in [6.45, 7) is 0.994. The summed E-state index contributed by atoms with van der Waals surface area (Å²) in [5, 5.41) is 18.2. The van der Waals surface area contributed by atoms with Gasteiger partial charge in [-0.1, -0.05) is 0 Å². The van der Waals surface area contributed by atoms with Crippen LogP contribution in [-0.4, -0.2) is 11.6 Å². The monoisotopic (exact) mass is 364 g/mol. The Hall–Kier alpha value is -3.33. The Labute approximate surface area is 142 Å². The molecule has 0 heterocycles. The van der Waals surface area contributed by atoms with Gasteiger partial charge in [-0.25, -0.2) is 22.0 Å². The second kappa shape index (κ2) is 5.60. The number of Topliss-reactive ketones (excluding diaryl/α,β-unsaturated/α-hetero) is 2. The van der Waals surface area contributed by atoms with Gasteiger partial charge in [0.15, 0.2) is 34.8 Å². The molecule has 26 heavy (non-hydrogen) atoms. The SMILES string of the molecule is CC1=C(C#N)C2C(=O)c3c(C#N)c(F)c(F)c(F)c3C(=O)C2C(F)=C1F. The van der Waals surface area contributed by atoms with Crippen LogP contribution in [0.3, 0.4) is 0 Å². The van der Waals surface area contributed by atoms with Crippen molar-refractivity contribution in [3.05, 3.63) is 56.9 Å². The van der Waals surface area contributed by atoms with E-state index in [4.69, 9.17) is 5.26 Å². The van der Waals surface area contributed by atoms with Gasteiger partial charge in [-0.15, -0.1) is 0 Å². The number of hydrogen-bond acceptors (Lipinski definition) is 4. The molecule has 2 unspecified atom stereocenters. The second-order valence-electron chi connectivity index (χ2n) is 5.67. The summed E-state index contributed by atoms with van der Waals surface area (Å²) in [6.07, 6.45) is 0. The van der Waals surface area contributed by atoms with E-state index in [0.29, 0.717) is 0 Å². The van der Waals surface area contributed by atoms with Crippen molar-refractivity contribution in [1.82, 2.24) is 0 Å². The number of ketones is 2. The maximum atomic E-state index is 14.3. The van der Waals surface area contributed by atoms with E-state index in [0.717, 1.165) is 6.92 Å². The van der Waals surface area contributed by atoms with Gasteiger partial charge in [0.05, 0.1) is 29.0 Å². The zero-order chi connectivity index (χ0) is 19.5. The molecule has 0 aliphatic heterocycles. The molecule has 2 aliphatic carbocycles. The number of benzene rings is 1. The van der Waals surface area contributed by atoms with Gasteiger partial charge in [-0.3, -0.25) is 9.59 Å². The predicted molar refractivity (Wildman–Crippen MR) is 74.2 cm³/mol. The summed E-state index contributed by atoms with van der Waals surface area (Å²) >= 11 is 0. The van der Waals surface area contributed by atoms with Crippen molar-refractivity contribution >= 4 is 11.6 Å². The normalized spacial score (nSPS) is 22.0. The van der Waals surface area contributed by atoms with Crippen LogP contribution in [0.1, 0.15) is 33.2 Å². The van der Waals surface area contributed by atoms with Crippen LogP contribution in [0.5, 0.6) is 0 Å². The number of rotatable bonds is 0. The zero-order valence-electron chi connectivity index (χ0n) is 12.8. The second-order valence-corrected chi connectivity index (χ2v) is 5.67. The topological polar surface area (TPSA) is 81.7 Å². The van der Waals surface area contributed by atoms with Gasteiger partial charge in [0.1, 0.15) is 17.5 Å². The quantitative estimate of drug-likeness (QED) is 0.520. The van der Waals surface area contributed by atoms with Gasteiger partial charge in [-0.05, 0) is 6.92 Å². The number of nitrogens with zero attached hydrogens (tertiary/aromatic N) is 2. The molecule has 1 aromatic rings. The van der Waals surface area contributed by atoms with Crippen molar-refractivity contribution in [2.24, 2.45) is 11.8 Å². The number of carbonyl (C=O) groups is 2. The Morgan fingerprint density at radius 3 is 1.92 bits per heavy atom. The first-order valence-corrected chi connectivity index (χ1v) is 7.04. The van der Waals surface area contributed by atoms with Gasteiger partial charge >= 0.3 is 0 Å². The minimum Gasteiger partial charge on any atom is -0.293 e. The van der Waals surface area contributed by atoms with Gasteiger partial charge in [-0.2, -0.15) is 10.5 Å². The molecule has 3 rings (SSSR count). The highest BCUT2D eigenvalue weighted by Crippen LogP contribution is 2.47. The van der Waals surface area contributed by atoms with Crippen LogP contribution in [0.4, 0.5) is 22.0 Å². The molecule has 0 fully saturated rings. The predicted octanol–water partition coefficient (Wildman–Crippen LogP) is 3.59. The summed E-state index contributed by atoms with van der Waals surface area (Å²) in [5.74, 6) is -16.5. The largest absolute Gasteiger partial charge is 0.293 e. The Morgan fingerprint density at radius 2 is 1.38 bits per heavy atom. The van der Waals surface area contributed by atoms with Crippen LogP contribution in [0, 0.1) is 51.9 Å². The first-order valence-electron chi connectivity index (χ1n) is 7.04. The average molecular weight is 364 g/mol. The Bertz CT molecular complexity index is 1070. The summed E-state index contributed by atoms with van der Waals surface area (Å²) in [6, 6.07) is 2.65. The lowest BCUT2D eigenvalue weighted by Gasteiger charge is -2.33. The molecule has 0 amide bonds. The van der Waals surface area contributed by atoms with Crippen molar-refractivity contribution in [1.29, 1.82) is 10.5 Å². The van der Waals surface area contributed by atoms with Crippen LogP contribution in [-0.2, 0) is 0 Å². The van der Waals surface area contributed by atoms with Crippen molar-refractivity contribution in [3.63, 3.8) is 0 Å². The number of halogens is 5. The molecule has 0 aromatic heterocycles. The minimum absolute atomic E-state index is 0.544. The van der Waals surface area contributed by atoms with E-state index in [1.807, 2.05) is 0 Å². The fourth-order valence-corrected chi connectivity index (χ4v) is 3.24. The molecule has 0 bridgehead atoms. The summed E-state index contributed by atoms with van der Waals surface area (Å²) in [4.78, 5) is 25.2. The van der Waals surface area contributed by atoms with Crippen LogP contribution in [0.25, 0.3) is 0 Å². The zero-order valence-corrected chi connectivity index (χ0v) is 12.8. The van der Waals surface area contributed by atoms with Crippen molar-refractivity contribution < 1.29 is 31.5 Å². The summed E-state index contributed by atoms with van der Waals surface area (Å²) in [7, 11) is 0. The molecule has 0 radical (unpaired) electrons. The highest BCUT2D eigenvalue weighted by molar-refractivity contribution is 6.19. The maximum Gasteiger partial charge on any atom is 0.196 e. The molecular weight excluding hydrogens is 359 g/mol. The van der Waals surface area contributed by atoms with E-state index >= 15 is 0 Å².